The topological polar surface area (TPSA) is 52.9 Å². The van der Waals surface area contributed by atoms with Gasteiger partial charge >= 0.3 is 0 Å². The lowest BCUT2D eigenvalue weighted by Crippen LogP contribution is -2.07. The third-order valence-corrected chi connectivity index (χ3v) is 7.72. The first-order valence-electron chi connectivity index (χ1n) is 13.7. The van der Waals surface area contributed by atoms with Crippen molar-refractivity contribution in [3.05, 3.63) is 89.4 Å². The van der Waals surface area contributed by atoms with Crippen molar-refractivity contribution in [1.82, 2.24) is 28.5 Å². The summed E-state index contributed by atoms with van der Waals surface area (Å²) >= 11 is 0. The Morgan fingerprint density at radius 1 is 0.763 bits per heavy atom. The number of pyridine rings is 3. The fourth-order valence-corrected chi connectivity index (χ4v) is 5.72. The van der Waals surface area contributed by atoms with Crippen LogP contribution >= 0.6 is 0 Å². The largest absolute Gasteiger partial charge is 0.341 e. The fourth-order valence-electron chi connectivity index (χ4n) is 5.72. The predicted octanol–water partition coefficient (Wildman–Crippen LogP) is 7.75. The molecule has 6 rings (SSSR count). The molecule has 0 aliphatic rings. The summed E-state index contributed by atoms with van der Waals surface area (Å²) in [5.41, 5.74) is 10.8. The van der Waals surface area contributed by atoms with E-state index < -0.39 is 0 Å². The molecule has 0 radical (unpaired) electrons. The smallest absolute Gasteiger partial charge is 0.138 e. The molecule has 0 aromatic carbocycles. The highest BCUT2D eigenvalue weighted by atomic mass is 15.1. The molecule has 6 aromatic heterocycles. The normalized spacial score (nSPS) is 12.4. The number of aromatic nitrogens is 6. The van der Waals surface area contributed by atoms with Crippen LogP contribution in [0.5, 0.6) is 0 Å². The predicted molar refractivity (Wildman–Crippen MR) is 156 cm³/mol. The van der Waals surface area contributed by atoms with Crippen molar-refractivity contribution >= 4 is 27.6 Å². The van der Waals surface area contributed by atoms with Crippen molar-refractivity contribution in [2.75, 3.05) is 0 Å². The summed E-state index contributed by atoms with van der Waals surface area (Å²) < 4.78 is 6.80. The zero-order valence-corrected chi connectivity index (χ0v) is 23.4. The van der Waals surface area contributed by atoms with Crippen molar-refractivity contribution in [2.45, 2.75) is 72.8 Å². The average molecular weight is 505 g/mol. The first-order chi connectivity index (χ1) is 18.2. The lowest BCUT2D eigenvalue weighted by atomic mass is 10.0. The molecule has 6 nitrogen and oxygen atoms in total. The maximum Gasteiger partial charge on any atom is 0.138 e. The van der Waals surface area contributed by atoms with Crippen molar-refractivity contribution < 1.29 is 0 Å². The molecule has 0 aliphatic carbocycles. The van der Waals surface area contributed by atoms with Crippen molar-refractivity contribution in [3.63, 3.8) is 0 Å². The standard InChI is InChI=1S/C32H36N6/c1-19(2)24-8-11-33-27-10-13-37(32(24)27)30-15-26(21(5)6)31-28(35-30)9-12-36(31)17-23-14-25(20(3)4)29-16-34-22(7)38(29)18-23/h8-16,18-21H,17H2,1-7H3. The number of fused-ring (bicyclic) bond motifs is 3. The molecule has 0 spiro atoms. The second kappa shape index (κ2) is 9.12. The Morgan fingerprint density at radius 3 is 2.24 bits per heavy atom. The summed E-state index contributed by atoms with van der Waals surface area (Å²) in [4.78, 5) is 14.4. The van der Waals surface area contributed by atoms with E-state index in [0.717, 1.165) is 34.7 Å². The molecule has 0 saturated carbocycles. The molecule has 194 valence electrons. The third kappa shape index (κ3) is 3.90. The number of imidazole rings is 1. The monoisotopic (exact) mass is 504 g/mol. The van der Waals surface area contributed by atoms with Gasteiger partial charge in [-0.1, -0.05) is 47.6 Å². The molecule has 0 atom stereocenters. The summed E-state index contributed by atoms with van der Waals surface area (Å²) in [5, 5.41) is 0. The van der Waals surface area contributed by atoms with Crippen LogP contribution < -0.4 is 0 Å². The van der Waals surface area contributed by atoms with Gasteiger partial charge in [0.2, 0.25) is 0 Å². The summed E-state index contributed by atoms with van der Waals surface area (Å²) in [7, 11) is 0. The van der Waals surface area contributed by atoms with Crippen LogP contribution in [0.2, 0.25) is 0 Å². The SMILES string of the molecule is Cc1ncc2c(C(C)C)cc(Cn3ccc4nc(-n5ccc6nccc(C(C)C)c65)cc(C(C)C)c43)cn12. The molecule has 0 bridgehead atoms. The second-order valence-electron chi connectivity index (χ2n) is 11.4. The molecular weight excluding hydrogens is 468 g/mol. The molecule has 6 aromatic rings. The van der Waals surface area contributed by atoms with Crippen LogP contribution in [0.1, 0.15) is 87.4 Å². The van der Waals surface area contributed by atoms with Gasteiger partial charge in [-0.2, -0.15) is 0 Å². The summed E-state index contributed by atoms with van der Waals surface area (Å²) in [5.74, 6) is 3.13. The number of rotatable bonds is 6. The van der Waals surface area contributed by atoms with Crippen LogP contribution in [0.3, 0.4) is 0 Å². The van der Waals surface area contributed by atoms with Crippen LogP contribution in [0.25, 0.3) is 33.4 Å². The van der Waals surface area contributed by atoms with Crippen LogP contribution in [0, 0.1) is 6.92 Å². The van der Waals surface area contributed by atoms with Gasteiger partial charge in [0.1, 0.15) is 11.6 Å². The molecule has 0 N–H and O–H groups in total. The zero-order valence-electron chi connectivity index (χ0n) is 23.4. The van der Waals surface area contributed by atoms with E-state index in [9.17, 15) is 0 Å². The number of hydrogen-bond acceptors (Lipinski definition) is 3. The maximum absolute atomic E-state index is 5.17. The van der Waals surface area contributed by atoms with E-state index in [1.54, 1.807) is 0 Å². The van der Waals surface area contributed by atoms with Crippen molar-refractivity contribution in [2.24, 2.45) is 0 Å². The first-order valence-corrected chi connectivity index (χ1v) is 13.7. The molecule has 0 aliphatic heterocycles. The fraction of sp³-hybridized carbons (Fsp3) is 0.344. The Labute approximate surface area is 224 Å². The van der Waals surface area contributed by atoms with E-state index in [-0.39, 0.29) is 0 Å². The Bertz CT molecular complexity index is 1790. The first kappa shape index (κ1) is 24.4. The van der Waals surface area contributed by atoms with Gasteiger partial charge in [-0.3, -0.25) is 9.55 Å². The highest BCUT2D eigenvalue weighted by molar-refractivity contribution is 5.84. The molecule has 6 heteroatoms. The van der Waals surface area contributed by atoms with Gasteiger partial charge in [0, 0.05) is 31.3 Å². The van der Waals surface area contributed by atoms with Gasteiger partial charge in [0.05, 0.1) is 33.8 Å². The summed E-state index contributed by atoms with van der Waals surface area (Å²) in [6.07, 6.45) is 10.4. The van der Waals surface area contributed by atoms with E-state index in [2.05, 4.69) is 121 Å². The average Bonchev–Trinajstić information content (AvgIpc) is 3.60. The molecule has 0 saturated heterocycles. The molecular formula is C32H36N6. The van der Waals surface area contributed by atoms with Gasteiger partial charge in [0.25, 0.3) is 0 Å². The maximum atomic E-state index is 5.17. The highest BCUT2D eigenvalue weighted by Crippen LogP contribution is 2.32. The van der Waals surface area contributed by atoms with E-state index >= 15 is 0 Å². The van der Waals surface area contributed by atoms with Crippen LogP contribution in [0.15, 0.2) is 61.3 Å². The van der Waals surface area contributed by atoms with E-state index in [0.29, 0.717) is 17.8 Å². The van der Waals surface area contributed by atoms with Gasteiger partial charge < -0.3 is 8.97 Å². The Morgan fingerprint density at radius 2 is 1.50 bits per heavy atom. The van der Waals surface area contributed by atoms with Gasteiger partial charge in [0.15, 0.2) is 0 Å². The lowest BCUT2D eigenvalue weighted by Gasteiger charge is -2.17. The summed E-state index contributed by atoms with van der Waals surface area (Å²) in [6, 6.07) is 11.0. The molecule has 0 unspecified atom stereocenters. The Kier molecular flexibility index (Phi) is 5.86. The quantitative estimate of drug-likeness (QED) is 0.233. The molecule has 38 heavy (non-hydrogen) atoms. The Balaban J connectivity index is 1.50. The molecule has 0 amide bonds. The zero-order chi connectivity index (χ0) is 26.7. The minimum absolute atomic E-state index is 0.349. The molecule has 0 fully saturated rings. The number of aryl methyl sites for hydroxylation is 1. The molecule has 6 heterocycles. The van der Waals surface area contributed by atoms with Crippen molar-refractivity contribution in [3.8, 4) is 5.82 Å². The number of nitrogens with zero attached hydrogens (tertiary/aromatic N) is 6. The number of hydrogen-bond donors (Lipinski definition) is 0. The van der Waals surface area contributed by atoms with Crippen LogP contribution in [0.4, 0.5) is 0 Å². The minimum Gasteiger partial charge on any atom is -0.341 e. The van der Waals surface area contributed by atoms with E-state index in [1.807, 2.05) is 12.4 Å². The van der Waals surface area contributed by atoms with Crippen molar-refractivity contribution in [1.29, 1.82) is 0 Å². The highest BCUT2D eigenvalue weighted by Gasteiger charge is 2.18. The summed E-state index contributed by atoms with van der Waals surface area (Å²) in [6.45, 7) is 16.3. The van der Waals surface area contributed by atoms with Gasteiger partial charge in [-0.15, -0.1) is 0 Å². The van der Waals surface area contributed by atoms with E-state index in [4.69, 9.17) is 4.98 Å². The van der Waals surface area contributed by atoms with Gasteiger partial charge in [-0.25, -0.2) is 9.97 Å². The third-order valence-electron chi connectivity index (χ3n) is 7.72. The lowest BCUT2D eigenvalue weighted by molar-refractivity contribution is 0.792. The van der Waals surface area contributed by atoms with Crippen LogP contribution in [-0.2, 0) is 6.54 Å². The van der Waals surface area contributed by atoms with E-state index in [1.165, 1.54) is 33.3 Å². The minimum atomic E-state index is 0.349. The van der Waals surface area contributed by atoms with Crippen LogP contribution in [-0.4, -0.2) is 28.5 Å². The second-order valence-corrected chi connectivity index (χ2v) is 11.4. The van der Waals surface area contributed by atoms with Gasteiger partial charge in [-0.05, 0) is 71.2 Å². The Hall–Kier alpha value is -3.93.